The van der Waals surface area contributed by atoms with E-state index in [1.807, 2.05) is 54.6 Å². The number of nitrogens with zero attached hydrogens (tertiary/aromatic N) is 1. The smallest absolute Gasteiger partial charge is 0.191 e. The summed E-state index contributed by atoms with van der Waals surface area (Å²) in [5.41, 5.74) is 2.22. The van der Waals surface area contributed by atoms with Gasteiger partial charge in [-0.25, -0.2) is 0 Å². The second kappa shape index (κ2) is 9.57. The average Bonchev–Trinajstić information content (AvgIpc) is 2.65. The summed E-state index contributed by atoms with van der Waals surface area (Å²) < 4.78 is 5.23. The van der Waals surface area contributed by atoms with E-state index >= 15 is 0 Å². The monoisotopic (exact) mass is 327 g/mol. The van der Waals surface area contributed by atoms with Gasteiger partial charge in [0.25, 0.3) is 0 Å². The predicted molar refractivity (Wildman–Crippen MR) is 97.5 cm³/mol. The zero-order valence-electron chi connectivity index (χ0n) is 14.2. The highest BCUT2D eigenvalue weighted by Gasteiger charge is 2.10. The molecule has 128 valence electrons. The van der Waals surface area contributed by atoms with E-state index in [-0.39, 0.29) is 12.5 Å². The van der Waals surface area contributed by atoms with Gasteiger partial charge in [0.05, 0.1) is 13.7 Å². The highest BCUT2D eigenvalue weighted by Crippen LogP contribution is 2.14. The third-order valence-corrected chi connectivity index (χ3v) is 3.82. The van der Waals surface area contributed by atoms with Gasteiger partial charge in [0.2, 0.25) is 0 Å². The van der Waals surface area contributed by atoms with Gasteiger partial charge in [-0.3, -0.25) is 4.99 Å². The van der Waals surface area contributed by atoms with Gasteiger partial charge in [-0.05, 0) is 23.3 Å². The van der Waals surface area contributed by atoms with Crippen LogP contribution in [-0.4, -0.2) is 38.4 Å². The zero-order valence-corrected chi connectivity index (χ0v) is 14.2. The van der Waals surface area contributed by atoms with Gasteiger partial charge in [0.15, 0.2) is 5.96 Å². The van der Waals surface area contributed by atoms with Crippen molar-refractivity contribution in [3.05, 3.63) is 65.7 Å². The molecular formula is C19H25N3O2. The fourth-order valence-corrected chi connectivity index (χ4v) is 2.42. The van der Waals surface area contributed by atoms with Crippen molar-refractivity contribution < 1.29 is 9.84 Å². The third-order valence-electron chi connectivity index (χ3n) is 3.82. The van der Waals surface area contributed by atoms with Gasteiger partial charge < -0.3 is 20.5 Å². The van der Waals surface area contributed by atoms with Crippen molar-refractivity contribution in [1.82, 2.24) is 10.6 Å². The Hall–Kier alpha value is -2.53. The second-order valence-corrected chi connectivity index (χ2v) is 5.45. The first-order valence-electron chi connectivity index (χ1n) is 8.00. The maximum Gasteiger partial charge on any atom is 0.191 e. The number of nitrogens with one attached hydrogen (secondary N) is 2. The van der Waals surface area contributed by atoms with Gasteiger partial charge in [-0.15, -0.1) is 0 Å². The number of guanidine groups is 1. The molecule has 0 amide bonds. The van der Waals surface area contributed by atoms with E-state index in [0.29, 0.717) is 19.0 Å². The Balaban J connectivity index is 1.87. The van der Waals surface area contributed by atoms with Crippen molar-refractivity contribution in [3.63, 3.8) is 0 Å². The van der Waals surface area contributed by atoms with E-state index in [2.05, 4.69) is 15.6 Å². The number of benzene rings is 2. The minimum Gasteiger partial charge on any atom is -0.497 e. The number of hydrogen-bond donors (Lipinski definition) is 3. The summed E-state index contributed by atoms with van der Waals surface area (Å²) in [6.45, 7) is 1.34. The highest BCUT2D eigenvalue weighted by atomic mass is 16.5. The molecule has 1 atom stereocenters. The van der Waals surface area contributed by atoms with Crippen LogP contribution in [0.15, 0.2) is 59.6 Å². The van der Waals surface area contributed by atoms with Crippen LogP contribution in [0.5, 0.6) is 5.75 Å². The van der Waals surface area contributed by atoms with Gasteiger partial charge in [-0.2, -0.15) is 0 Å². The summed E-state index contributed by atoms with van der Waals surface area (Å²) >= 11 is 0. The van der Waals surface area contributed by atoms with Gasteiger partial charge >= 0.3 is 0 Å². The molecule has 0 aromatic heterocycles. The van der Waals surface area contributed by atoms with Crippen molar-refractivity contribution in [3.8, 4) is 5.75 Å². The summed E-state index contributed by atoms with van der Waals surface area (Å²) in [6.07, 6.45) is 0. The highest BCUT2D eigenvalue weighted by molar-refractivity contribution is 5.79. The molecule has 0 spiro atoms. The Morgan fingerprint density at radius 1 is 1.12 bits per heavy atom. The predicted octanol–water partition coefficient (Wildman–Crippen LogP) is 2.14. The number of aliphatic imine (C=N–C) groups is 1. The van der Waals surface area contributed by atoms with E-state index in [9.17, 15) is 5.11 Å². The molecule has 2 aromatic carbocycles. The summed E-state index contributed by atoms with van der Waals surface area (Å²) in [4.78, 5) is 4.23. The lowest BCUT2D eigenvalue weighted by atomic mass is 10.0. The Bertz CT molecular complexity index is 644. The molecule has 0 aliphatic carbocycles. The van der Waals surface area contributed by atoms with Crippen LogP contribution in [-0.2, 0) is 6.54 Å². The van der Waals surface area contributed by atoms with Gasteiger partial charge in [0.1, 0.15) is 5.75 Å². The molecule has 0 aliphatic heterocycles. The summed E-state index contributed by atoms with van der Waals surface area (Å²) in [7, 11) is 3.39. The Kier molecular flexibility index (Phi) is 7.11. The summed E-state index contributed by atoms with van der Waals surface area (Å²) in [5, 5.41) is 16.2. The molecule has 0 bridgehead atoms. The lowest BCUT2D eigenvalue weighted by Gasteiger charge is -2.18. The standard InChI is InChI=1S/C19H25N3O2/c1-20-19(21-12-15-7-6-10-18(11-15)24-2)22-13-17(14-23)16-8-4-3-5-9-16/h3-11,17,23H,12-14H2,1-2H3,(H2,20,21,22). The number of methoxy groups -OCH3 is 1. The van der Waals surface area contributed by atoms with Crippen LogP contribution in [0, 0.1) is 0 Å². The number of ether oxygens (including phenoxy) is 1. The van der Waals surface area contributed by atoms with E-state index in [4.69, 9.17) is 4.74 Å². The quantitative estimate of drug-likeness (QED) is 0.538. The summed E-state index contributed by atoms with van der Waals surface area (Å²) in [6, 6.07) is 17.9. The fourth-order valence-electron chi connectivity index (χ4n) is 2.42. The van der Waals surface area contributed by atoms with Crippen LogP contribution in [0.1, 0.15) is 17.0 Å². The van der Waals surface area contributed by atoms with Crippen LogP contribution in [0.25, 0.3) is 0 Å². The average molecular weight is 327 g/mol. The minimum atomic E-state index is 0.0292. The molecule has 0 radical (unpaired) electrons. The van der Waals surface area contributed by atoms with Crippen LogP contribution in [0.2, 0.25) is 0 Å². The van der Waals surface area contributed by atoms with E-state index in [1.165, 1.54) is 0 Å². The lowest BCUT2D eigenvalue weighted by Crippen LogP contribution is -2.39. The van der Waals surface area contributed by atoms with Crippen molar-refractivity contribution in [1.29, 1.82) is 0 Å². The van der Waals surface area contributed by atoms with Crippen molar-refractivity contribution >= 4 is 5.96 Å². The Morgan fingerprint density at radius 3 is 2.58 bits per heavy atom. The van der Waals surface area contributed by atoms with Crippen LogP contribution >= 0.6 is 0 Å². The minimum absolute atomic E-state index is 0.0292. The summed E-state index contributed by atoms with van der Waals surface area (Å²) in [5.74, 6) is 1.57. The number of rotatable bonds is 7. The molecule has 24 heavy (non-hydrogen) atoms. The molecule has 0 heterocycles. The molecule has 2 aromatic rings. The van der Waals surface area contributed by atoms with E-state index < -0.39 is 0 Å². The number of hydrogen-bond acceptors (Lipinski definition) is 3. The molecule has 5 heteroatoms. The van der Waals surface area contributed by atoms with Crippen molar-refractivity contribution in [2.75, 3.05) is 27.3 Å². The normalized spacial score (nSPS) is 12.5. The van der Waals surface area contributed by atoms with Crippen molar-refractivity contribution in [2.45, 2.75) is 12.5 Å². The molecule has 5 nitrogen and oxygen atoms in total. The molecule has 0 aliphatic rings. The topological polar surface area (TPSA) is 65.9 Å². The molecule has 1 unspecified atom stereocenters. The first kappa shape index (κ1) is 17.8. The SMILES string of the molecule is CN=C(NCc1cccc(OC)c1)NCC(CO)c1ccccc1. The molecule has 0 fully saturated rings. The van der Waals surface area contributed by atoms with Gasteiger partial charge in [-0.1, -0.05) is 42.5 Å². The molecule has 0 saturated carbocycles. The second-order valence-electron chi connectivity index (χ2n) is 5.45. The molecular weight excluding hydrogens is 302 g/mol. The maximum atomic E-state index is 9.62. The lowest BCUT2D eigenvalue weighted by molar-refractivity contribution is 0.265. The van der Waals surface area contributed by atoms with Crippen LogP contribution < -0.4 is 15.4 Å². The largest absolute Gasteiger partial charge is 0.497 e. The fraction of sp³-hybridized carbons (Fsp3) is 0.316. The number of aliphatic hydroxyl groups is 1. The number of aliphatic hydroxyl groups excluding tert-OH is 1. The van der Waals surface area contributed by atoms with Crippen LogP contribution in [0.4, 0.5) is 0 Å². The Labute approximate surface area is 143 Å². The third kappa shape index (κ3) is 5.28. The molecule has 3 N–H and O–H groups in total. The van der Waals surface area contributed by atoms with Crippen LogP contribution in [0.3, 0.4) is 0 Å². The van der Waals surface area contributed by atoms with Crippen molar-refractivity contribution in [2.24, 2.45) is 4.99 Å². The van der Waals surface area contributed by atoms with E-state index in [1.54, 1.807) is 14.2 Å². The molecule has 2 rings (SSSR count). The first-order chi connectivity index (χ1) is 11.8. The van der Waals surface area contributed by atoms with E-state index in [0.717, 1.165) is 16.9 Å². The van der Waals surface area contributed by atoms with Gasteiger partial charge in [0, 0.05) is 26.1 Å². The molecule has 0 saturated heterocycles. The Morgan fingerprint density at radius 2 is 1.92 bits per heavy atom. The first-order valence-corrected chi connectivity index (χ1v) is 8.00. The zero-order chi connectivity index (χ0) is 17.2. The maximum absolute atomic E-state index is 9.62.